The van der Waals surface area contributed by atoms with Crippen LogP contribution in [-0.4, -0.2) is 45.6 Å². The summed E-state index contributed by atoms with van der Waals surface area (Å²) in [5, 5.41) is 37.4. The van der Waals surface area contributed by atoms with Crippen molar-refractivity contribution in [2.24, 2.45) is 0 Å². The number of nitrogens with one attached hydrogen (secondary N) is 1. The summed E-state index contributed by atoms with van der Waals surface area (Å²) in [4.78, 5) is 21.5. The van der Waals surface area contributed by atoms with E-state index in [-0.39, 0.29) is 18.4 Å². The third-order valence-corrected chi connectivity index (χ3v) is 6.85. The lowest BCUT2D eigenvalue weighted by molar-refractivity contribution is -0.393. The fourth-order valence-corrected chi connectivity index (χ4v) is 4.94. The molecule has 3 aromatic rings. The fourth-order valence-electron chi connectivity index (χ4n) is 4.94. The first-order chi connectivity index (χ1) is 18.4. The van der Waals surface area contributed by atoms with Crippen molar-refractivity contribution in [2.75, 3.05) is 5.32 Å². The van der Waals surface area contributed by atoms with E-state index in [1.54, 1.807) is 0 Å². The second-order valence-electron chi connectivity index (χ2n) is 9.29. The van der Waals surface area contributed by atoms with Gasteiger partial charge in [-0.15, -0.1) is 0 Å². The summed E-state index contributed by atoms with van der Waals surface area (Å²) in [6.45, 7) is 0.184. The minimum absolute atomic E-state index is 0.00423. The molecule has 0 unspecified atom stereocenters. The van der Waals surface area contributed by atoms with Gasteiger partial charge in [0.2, 0.25) is 0 Å². The van der Waals surface area contributed by atoms with Gasteiger partial charge in [0.15, 0.2) is 6.29 Å². The molecule has 0 aliphatic carbocycles. The Bertz CT molecular complexity index is 1280. The second kappa shape index (κ2) is 11.2. The van der Waals surface area contributed by atoms with E-state index in [1.165, 1.54) is 6.07 Å². The van der Waals surface area contributed by atoms with Crippen LogP contribution in [0.5, 0.6) is 0 Å². The Morgan fingerprint density at radius 3 is 2.32 bits per heavy atom. The van der Waals surface area contributed by atoms with Gasteiger partial charge in [-0.3, -0.25) is 20.2 Å². The quantitative estimate of drug-likeness (QED) is 0.323. The fraction of sp³-hybridized carbons (Fsp3) is 0.333. The number of fused-ring (bicyclic) bond motifs is 1. The number of ether oxygens (including phenoxy) is 3. The Labute approximate surface area is 218 Å². The Kier molecular flexibility index (Phi) is 7.61. The zero-order valence-corrected chi connectivity index (χ0v) is 20.3. The normalized spacial score (nSPS) is 26.8. The summed E-state index contributed by atoms with van der Waals surface area (Å²) in [6.07, 6.45) is -2.23. The van der Waals surface area contributed by atoms with E-state index in [4.69, 9.17) is 14.2 Å². The molecule has 5 rings (SSSR count). The van der Waals surface area contributed by atoms with Gasteiger partial charge in [0, 0.05) is 6.07 Å². The van der Waals surface area contributed by atoms with Crippen molar-refractivity contribution >= 4 is 17.1 Å². The van der Waals surface area contributed by atoms with Crippen LogP contribution >= 0.6 is 0 Å². The molecule has 0 spiro atoms. The predicted molar refractivity (Wildman–Crippen MR) is 136 cm³/mol. The lowest BCUT2D eigenvalue weighted by atomic mass is 9.88. The van der Waals surface area contributed by atoms with Gasteiger partial charge in [0.05, 0.1) is 34.7 Å². The van der Waals surface area contributed by atoms with Crippen molar-refractivity contribution in [1.82, 2.24) is 0 Å². The number of aliphatic hydroxyl groups excluding tert-OH is 1. The van der Waals surface area contributed by atoms with Gasteiger partial charge in [0.25, 0.3) is 11.4 Å². The maximum Gasteiger partial charge on any atom is 0.299 e. The van der Waals surface area contributed by atoms with Crippen LogP contribution in [0.2, 0.25) is 0 Å². The third-order valence-electron chi connectivity index (χ3n) is 6.85. The Balaban J connectivity index is 1.42. The number of nitro groups is 2. The highest BCUT2D eigenvalue weighted by atomic mass is 16.7. The van der Waals surface area contributed by atoms with Crippen LogP contribution in [0.1, 0.15) is 30.1 Å². The van der Waals surface area contributed by atoms with Gasteiger partial charge in [-0.2, -0.15) is 0 Å². The molecule has 2 fully saturated rings. The molecular weight excluding hydrogens is 494 g/mol. The highest BCUT2D eigenvalue weighted by molar-refractivity contribution is 5.66. The lowest BCUT2D eigenvalue weighted by Gasteiger charge is -2.48. The van der Waals surface area contributed by atoms with Gasteiger partial charge in [-0.1, -0.05) is 60.7 Å². The van der Waals surface area contributed by atoms with E-state index in [0.717, 1.165) is 23.3 Å². The maximum atomic E-state index is 11.7. The summed E-state index contributed by atoms with van der Waals surface area (Å²) in [6, 6.07) is 21.4. The van der Waals surface area contributed by atoms with E-state index in [2.05, 4.69) is 5.32 Å². The van der Waals surface area contributed by atoms with Crippen molar-refractivity contribution in [3.8, 4) is 0 Å². The molecule has 0 saturated carbocycles. The van der Waals surface area contributed by atoms with E-state index < -0.39 is 51.9 Å². The van der Waals surface area contributed by atoms with Crippen LogP contribution in [0.15, 0.2) is 78.9 Å². The Morgan fingerprint density at radius 1 is 0.921 bits per heavy atom. The summed E-state index contributed by atoms with van der Waals surface area (Å²) >= 11 is 0. The number of rotatable bonds is 8. The third kappa shape index (κ3) is 5.50. The summed E-state index contributed by atoms with van der Waals surface area (Å²) in [5.41, 5.74) is 0.950. The first-order valence-corrected chi connectivity index (χ1v) is 12.3. The second-order valence-corrected chi connectivity index (χ2v) is 9.29. The standard InChI is InChI=1S/C27H27N3O8/c31-25-24(28-20-12-11-19(29(32)33)15-21(20)30(34)35)27(36-16-17-7-3-1-4-8-17)38-23-14-13-22(37-26(23)25)18-9-5-2-6-10-18/h1-12,15,22-28,31H,13-14,16H2/t22-,23+,24-,25+,26+,27+/m0/s1. The average Bonchev–Trinajstić information content (AvgIpc) is 2.94. The topological polar surface area (TPSA) is 146 Å². The summed E-state index contributed by atoms with van der Waals surface area (Å²) in [5.74, 6) is 0. The number of nitro benzene ring substituents is 2. The smallest absolute Gasteiger partial charge is 0.299 e. The monoisotopic (exact) mass is 521 g/mol. The molecule has 0 amide bonds. The first kappa shape index (κ1) is 25.7. The molecule has 2 saturated heterocycles. The molecule has 3 aromatic carbocycles. The van der Waals surface area contributed by atoms with Crippen LogP contribution in [0.4, 0.5) is 17.1 Å². The van der Waals surface area contributed by atoms with Crippen molar-refractivity contribution in [3.63, 3.8) is 0 Å². The van der Waals surface area contributed by atoms with Gasteiger partial charge in [0.1, 0.15) is 23.9 Å². The van der Waals surface area contributed by atoms with Gasteiger partial charge >= 0.3 is 0 Å². The first-order valence-electron chi connectivity index (χ1n) is 12.3. The molecule has 2 N–H and O–H groups in total. The van der Waals surface area contributed by atoms with E-state index in [1.807, 2.05) is 60.7 Å². The molecule has 0 aromatic heterocycles. The van der Waals surface area contributed by atoms with Gasteiger partial charge in [-0.25, -0.2) is 0 Å². The van der Waals surface area contributed by atoms with Crippen molar-refractivity contribution in [3.05, 3.63) is 110 Å². The van der Waals surface area contributed by atoms with E-state index in [0.29, 0.717) is 12.8 Å². The number of non-ortho nitro benzene ring substituents is 1. The number of hydrogen-bond acceptors (Lipinski definition) is 9. The largest absolute Gasteiger partial charge is 0.388 e. The molecule has 198 valence electrons. The van der Waals surface area contributed by atoms with Crippen LogP contribution in [0.25, 0.3) is 0 Å². The minimum atomic E-state index is -1.16. The van der Waals surface area contributed by atoms with Crippen LogP contribution in [-0.2, 0) is 20.8 Å². The Hall–Kier alpha value is -3.90. The van der Waals surface area contributed by atoms with Crippen molar-refractivity contribution < 1.29 is 29.2 Å². The number of hydrogen-bond donors (Lipinski definition) is 2. The van der Waals surface area contributed by atoms with Gasteiger partial charge < -0.3 is 24.6 Å². The maximum absolute atomic E-state index is 11.7. The predicted octanol–water partition coefficient (Wildman–Crippen LogP) is 4.51. The van der Waals surface area contributed by atoms with Crippen molar-refractivity contribution in [2.45, 2.75) is 56.2 Å². The molecule has 38 heavy (non-hydrogen) atoms. The number of anilines is 1. The molecule has 11 nitrogen and oxygen atoms in total. The SMILES string of the molecule is O=[N+]([O-])c1ccc(N[C@@H]2[C@H](OCc3ccccc3)O[C@@H]3CC[C@@H](c4ccccc4)O[C@H]3[C@@H]2O)c([N+](=O)[O-])c1. The van der Waals surface area contributed by atoms with Crippen LogP contribution < -0.4 is 5.32 Å². The van der Waals surface area contributed by atoms with Crippen LogP contribution in [0, 0.1) is 20.2 Å². The minimum Gasteiger partial charge on any atom is -0.388 e. The van der Waals surface area contributed by atoms with E-state index >= 15 is 0 Å². The molecular formula is C27H27N3O8. The summed E-state index contributed by atoms with van der Waals surface area (Å²) in [7, 11) is 0. The molecule has 0 bridgehead atoms. The summed E-state index contributed by atoms with van der Waals surface area (Å²) < 4.78 is 18.6. The molecule has 11 heteroatoms. The molecule has 2 heterocycles. The zero-order chi connectivity index (χ0) is 26.6. The number of aliphatic hydroxyl groups is 1. The lowest BCUT2D eigenvalue weighted by Crippen LogP contribution is -2.62. The average molecular weight is 522 g/mol. The highest BCUT2D eigenvalue weighted by Crippen LogP contribution is 2.40. The van der Waals surface area contributed by atoms with Gasteiger partial charge in [-0.05, 0) is 30.0 Å². The number of benzene rings is 3. The van der Waals surface area contributed by atoms with Crippen LogP contribution in [0.3, 0.4) is 0 Å². The highest BCUT2D eigenvalue weighted by Gasteiger charge is 2.49. The van der Waals surface area contributed by atoms with E-state index in [9.17, 15) is 25.3 Å². The number of nitrogens with zero attached hydrogens (tertiary/aromatic N) is 2. The zero-order valence-electron chi connectivity index (χ0n) is 20.3. The Morgan fingerprint density at radius 2 is 1.63 bits per heavy atom. The molecule has 6 atom stereocenters. The molecule has 2 aliphatic rings. The molecule has 0 radical (unpaired) electrons. The molecule has 2 aliphatic heterocycles. The van der Waals surface area contributed by atoms with Crippen molar-refractivity contribution in [1.29, 1.82) is 0 Å².